The molecule has 0 unspecified atom stereocenters. The van der Waals surface area contributed by atoms with Crippen molar-refractivity contribution in [2.24, 2.45) is 5.92 Å². The Kier molecular flexibility index (Phi) is 6.46. The maximum Gasteiger partial charge on any atom is 0.330 e. The maximum absolute atomic E-state index is 12.7. The summed E-state index contributed by atoms with van der Waals surface area (Å²) in [7, 11) is 0. The Bertz CT molecular complexity index is 1030. The lowest BCUT2D eigenvalue weighted by molar-refractivity contribution is -0.152. The van der Waals surface area contributed by atoms with Crippen molar-refractivity contribution in [2.75, 3.05) is 11.9 Å². The van der Waals surface area contributed by atoms with Crippen LogP contribution in [-0.2, 0) is 20.7 Å². The Balaban J connectivity index is 1.64. The first-order valence-corrected chi connectivity index (χ1v) is 9.72. The number of fused-ring (bicyclic) bond motifs is 1. The Morgan fingerprint density at radius 1 is 1.03 bits per heavy atom. The van der Waals surface area contributed by atoms with Crippen LogP contribution in [0.1, 0.15) is 40.1 Å². The molecule has 2 aromatic rings. The van der Waals surface area contributed by atoms with Gasteiger partial charge in [-0.15, -0.1) is 0 Å². The Labute approximate surface area is 179 Å². The zero-order chi connectivity index (χ0) is 22.5. The van der Waals surface area contributed by atoms with Crippen LogP contribution in [0, 0.1) is 17.2 Å². The summed E-state index contributed by atoms with van der Waals surface area (Å²) in [6.45, 7) is 2.82. The number of carbonyl (C=O) groups excluding carboxylic acids is 4. The van der Waals surface area contributed by atoms with E-state index in [1.165, 1.54) is 12.1 Å². The molecule has 0 radical (unpaired) electrons. The van der Waals surface area contributed by atoms with E-state index < -0.39 is 42.3 Å². The fraction of sp³-hybridized carbons (Fsp3) is 0.261. The van der Waals surface area contributed by atoms with Gasteiger partial charge in [0.1, 0.15) is 6.04 Å². The zero-order valence-corrected chi connectivity index (χ0v) is 17.1. The molecule has 0 spiro atoms. The van der Waals surface area contributed by atoms with Crippen molar-refractivity contribution in [1.82, 2.24) is 4.90 Å². The molecule has 8 heteroatoms. The maximum atomic E-state index is 12.7. The molecule has 8 nitrogen and oxygen atoms in total. The van der Waals surface area contributed by atoms with Crippen molar-refractivity contribution in [3.63, 3.8) is 0 Å². The molecule has 0 aromatic heterocycles. The van der Waals surface area contributed by atoms with Crippen molar-refractivity contribution < 1.29 is 23.9 Å². The fourth-order valence-corrected chi connectivity index (χ4v) is 3.35. The van der Waals surface area contributed by atoms with Gasteiger partial charge < -0.3 is 10.1 Å². The summed E-state index contributed by atoms with van der Waals surface area (Å²) in [5.74, 6) is -2.92. The first-order chi connectivity index (χ1) is 14.8. The molecule has 3 rings (SSSR count). The average Bonchev–Trinajstić information content (AvgIpc) is 2.99. The first kappa shape index (κ1) is 21.7. The van der Waals surface area contributed by atoms with Gasteiger partial charge in [0.25, 0.3) is 17.7 Å². The second-order valence-corrected chi connectivity index (χ2v) is 7.40. The van der Waals surface area contributed by atoms with Gasteiger partial charge in [0.05, 0.1) is 23.6 Å². The van der Waals surface area contributed by atoms with E-state index in [2.05, 4.69) is 5.32 Å². The molecule has 1 heterocycles. The van der Waals surface area contributed by atoms with Gasteiger partial charge in [-0.05, 0) is 35.7 Å². The van der Waals surface area contributed by atoms with E-state index in [1.54, 1.807) is 50.2 Å². The number of rotatable bonds is 7. The van der Waals surface area contributed by atoms with Crippen molar-refractivity contribution in [3.05, 3.63) is 65.2 Å². The number of hydrogen-bond acceptors (Lipinski definition) is 6. The predicted molar refractivity (Wildman–Crippen MR) is 111 cm³/mol. The van der Waals surface area contributed by atoms with Crippen LogP contribution in [-0.4, -0.2) is 41.2 Å². The number of esters is 1. The normalized spacial score (nSPS) is 13.5. The Morgan fingerprint density at radius 2 is 1.61 bits per heavy atom. The quantitative estimate of drug-likeness (QED) is 0.545. The topological polar surface area (TPSA) is 117 Å². The average molecular weight is 419 g/mol. The highest BCUT2D eigenvalue weighted by atomic mass is 16.5. The van der Waals surface area contributed by atoms with Crippen LogP contribution in [0.2, 0.25) is 0 Å². The molecule has 158 valence electrons. The Morgan fingerprint density at radius 3 is 2.13 bits per heavy atom. The van der Waals surface area contributed by atoms with E-state index in [1.807, 2.05) is 6.07 Å². The number of ether oxygens (including phenoxy) is 1. The summed E-state index contributed by atoms with van der Waals surface area (Å²) in [5.41, 5.74) is 1.78. The fourth-order valence-electron chi connectivity index (χ4n) is 3.35. The third-order valence-electron chi connectivity index (χ3n) is 4.84. The molecule has 2 aromatic carbocycles. The number of nitrogens with zero attached hydrogens (tertiary/aromatic N) is 2. The van der Waals surface area contributed by atoms with Crippen LogP contribution in [0.4, 0.5) is 5.69 Å². The third kappa shape index (κ3) is 4.61. The smallest absolute Gasteiger partial charge is 0.330 e. The van der Waals surface area contributed by atoms with Crippen LogP contribution in [0.5, 0.6) is 0 Å². The Hall–Kier alpha value is -3.99. The predicted octanol–water partition coefficient (Wildman–Crippen LogP) is 2.56. The first-order valence-electron chi connectivity index (χ1n) is 9.72. The van der Waals surface area contributed by atoms with Gasteiger partial charge in [0.2, 0.25) is 0 Å². The second kappa shape index (κ2) is 9.22. The third-order valence-corrected chi connectivity index (χ3v) is 4.84. The number of carbonyl (C=O) groups is 4. The van der Waals surface area contributed by atoms with E-state index >= 15 is 0 Å². The summed E-state index contributed by atoms with van der Waals surface area (Å²) in [6, 6.07) is 14.0. The highest BCUT2D eigenvalue weighted by molar-refractivity contribution is 6.22. The van der Waals surface area contributed by atoms with E-state index in [0.717, 1.165) is 10.5 Å². The summed E-state index contributed by atoms with van der Waals surface area (Å²) in [6.07, 6.45) is 0.264. The number of benzene rings is 2. The lowest BCUT2D eigenvalue weighted by atomic mass is 10.0. The molecule has 1 aliphatic heterocycles. The lowest BCUT2D eigenvalue weighted by Gasteiger charge is -2.27. The summed E-state index contributed by atoms with van der Waals surface area (Å²) < 4.78 is 5.13. The zero-order valence-electron chi connectivity index (χ0n) is 17.1. The van der Waals surface area contributed by atoms with E-state index in [0.29, 0.717) is 5.69 Å². The number of anilines is 1. The van der Waals surface area contributed by atoms with Gasteiger partial charge in [0, 0.05) is 5.69 Å². The second-order valence-electron chi connectivity index (χ2n) is 7.40. The molecule has 0 saturated carbocycles. The van der Waals surface area contributed by atoms with Crippen LogP contribution in [0.3, 0.4) is 0 Å². The van der Waals surface area contributed by atoms with Gasteiger partial charge in [-0.3, -0.25) is 19.3 Å². The van der Waals surface area contributed by atoms with Crippen LogP contribution >= 0.6 is 0 Å². The van der Waals surface area contributed by atoms with Crippen molar-refractivity contribution in [1.29, 1.82) is 5.26 Å². The molecule has 1 aliphatic rings. The molecule has 31 heavy (non-hydrogen) atoms. The largest absolute Gasteiger partial charge is 0.454 e. The number of nitrogens with one attached hydrogen (secondary N) is 1. The lowest BCUT2D eigenvalue weighted by Crippen LogP contribution is -2.49. The van der Waals surface area contributed by atoms with Gasteiger partial charge in [-0.2, -0.15) is 5.26 Å². The summed E-state index contributed by atoms with van der Waals surface area (Å²) >= 11 is 0. The molecule has 3 amide bonds. The summed E-state index contributed by atoms with van der Waals surface area (Å²) in [4.78, 5) is 51.2. The molecule has 0 bridgehead atoms. The van der Waals surface area contributed by atoms with E-state index in [-0.39, 0.29) is 17.5 Å². The monoisotopic (exact) mass is 419 g/mol. The van der Waals surface area contributed by atoms with Gasteiger partial charge in [0.15, 0.2) is 6.61 Å². The van der Waals surface area contributed by atoms with Crippen LogP contribution < -0.4 is 5.32 Å². The number of imide groups is 1. The van der Waals surface area contributed by atoms with Crippen molar-refractivity contribution in [2.45, 2.75) is 26.3 Å². The minimum absolute atomic E-state index is 0.239. The number of amides is 3. The van der Waals surface area contributed by atoms with Crippen LogP contribution in [0.25, 0.3) is 0 Å². The van der Waals surface area contributed by atoms with Crippen molar-refractivity contribution in [3.8, 4) is 6.07 Å². The highest BCUT2D eigenvalue weighted by Crippen LogP contribution is 2.27. The van der Waals surface area contributed by atoms with Gasteiger partial charge in [-0.1, -0.05) is 38.1 Å². The SMILES string of the molecule is CC(C)[C@@H](C(=O)OCC(=O)Nc1ccc(CC#N)cc1)N1C(=O)c2ccccc2C1=O. The molecule has 0 saturated heterocycles. The van der Waals surface area contributed by atoms with Crippen molar-refractivity contribution >= 4 is 29.4 Å². The molecular weight excluding hydrogens is 398 g/mol. The van der Waals surface area contributed by atoms with Crippen LogP contribution in [0.15, 0.2) is 48.5 Å². The number of hydrogen-bond donors (Lipinski definition) is 1. The van der Waals surface area contributed by atoms with Gasteiger partial charge >= 0.3 is 5.97 Å². The summed E-state index contributed by atoms with van der Waals surface area (Å²) in [5, 5.41) is 11.3. The molecular formula is C23H21N3O5. The molecule has 0 aliphatic carbocycles. The molecule has 1 N–H and O–H groups in total. The molecule has 0 fully saturated rings. The minimum atomic E-state index is -1.15. The van der Waals surface area contributed by atoms with Gasteiger partial charge in [-0.25, -0.2) is 4.79 Å². The minimum Gasteiger partial charge on any atom is -0.454 e. The highest BCUT2D eigenvalue weighted by Gasteiger charge is 2.44. The molecule has 1 atom stereocenters. The van der Waals surface area contributed by atoms with E-state index in [4.69, 9.17) is 10.00 Å². The standard InChI is InChI=1S/C23H21N3O5/c1-14(2)20(26-21(28)17-5-3-4-6-18(17)22(26)29)23(30)31-13-19(27)25-16-9-7-15(8-10-16)11-12-24/h3-10,14,20H,11,13H2,1-2H3,(H,25,27)/t20-/m0/s1. The number of nitriles is 1. The van der Waals surface area contributed by atoms with E-state index in [9.17, 15) is 19.2 Å².